The van der Waals surface area contributed by atoms with Gasteiger partial charge in [-0.25, -0.2) is 0 Å². The van der Waals surface area contributed by atoms with Crippen LogP contribution in [-0.2, 0) is 6.18 Å². The van der Waals surface area contributed by atoms with E-state index in [4.69, 9.17) is 17.0 Å². The van der Waals surface area contributed by atoms with E-state index in [0.29, 0.717) is 28.3 Å². The van der Waals surface area contributed by atoms with Gasteiger partial charge in [-0.2, -0.15) is 13.2 Å². The van der Waals surface area contributed by atoms with Gasteiger partial charge in [0.15, 0.2) is 5.11 Å². The smallest absolute Gasteiger partial charge is 0.416 e. The van der Waals surface area contributed by atoms with Crippen LogP contribution in [0.15, 0.2) is 48.5 Å². The van der Waals surface area contributed by atoms with E-state index in [1.54, 1.807) is 19.1 Å². The van der Waals surface area contributed by atoms with Crippen LogP contribution in [-0.4, -0.2) is 11.0 Å². The standard InChI is InChI=1S/C26H25F3N2O2S/c1-14-8-6-7-9-20(14)24(32)31-25(34)30-21-13-16(3)23(18(5)17(21)4)33-22-11-10-19(12-15(22)2)26(27,28)29/h6-13H,1-5H3,(H2,30,31,32,34). The Morgan fingerprint density at radius 1 is 0.882 bits per heavy atom. The maximum Gasteiger partial charge on any atom is 0.416 e. The molecule has 0 saturated carbocycles. The second-order valence-corrected chi connectivity index (χ2v) is 8.53. The molecule has 0 atom stereocenters. The summed E-state index contributed by atoms with van der Waals surface area (Å²) in [7, 11) is 0. The molecule has 0 aliphatic rings. The number of ether oxygens (including phenoxy) is 1. The Morgan fingerprint density at radius 2 is 1.56 bits per heavy atom. The van der Waals surface area contributed by atoms with Crippen molar-refractivity contribution < 1.29 is 22.7 Å². The molecule has 0 aromatic heterocycles. The van der Waals surface area contributed by atoms with Crippen LogP contribution in [0.3, 0.4) is 0 Å². The van der Waals surface area contributed by atoms with Gasteiger partial charge in [-0.15, -0.1) is 0 Å². The maximum absolute atomic E-state index is 13.0. The molecule has 0 unspecified atom stereocenters. The number of nitrogens with one attached hydrogen (secondary N) is 2. The number of benzene rings is 3. The Labute approximate surface area is 202 Å². The van der Waals surface area contributed by atoms with E-state index in [2.05, 4.69) is 10.6 Å². The van der Waals surface area contributed by atoms with Gasteiger partial charge in [0.25, 0.3) is 5.91 Å². The van der Waals surface area contributed by atoms with Crippen molar-refractivity contribution in [2.24, 2.45) is 0 Å². The van der Waals surface area contributed by atoms with Crippen LogP contribution < -0.4 is 15.4 Å². The molecule has 4 nitrogen and oxygen atoms in total. The predicted molar refractivity (Wildman–Crippen MR) is 132 cm³/mol. The molecule has 0 aliphatic heterocycles. The molecule has 1 amide bonds. The normalized spacial score (nSPS) is 11.2. The molecular weight excluding hydrogens is 461 g/mol. The van der Waals surface area contributed by atoms with Crippen molar-refractivity contribution >= 4 is 28.9 Å². The van der Waals surface area contributed by atoms with Gasteiger partial charge in [0.05, 0.1) is 5.56 Å². The first-order valence-electron chi connectivity index (χ1n) is 10.5. The Balaban J connectivity index is 1.80. The van der Waals surface area contributed by atoms with Gasteiger partial charge in [0, 0.05) is 11.3 Å². The quantitative estimate of drug-likeness (QED) is 0.384. The van der Waals surface area contributed by atoms with Gasteiger partial charge in [0.2, 0.25) is 0 Å². The highest BCUT2D eigenvalue weighted by atomic mass is 32.1. The summed E-state index contributed by atoms with van der Waals surface area (Å²) in [4.78, 5) is 12.5. The van der Waals surface area contributed by atoms with Gasteiger partial charge >= 0.3 is 6.18 Å². The van der Waals surface area contributed by atoms with Gasteiger partial charge < -0.3 is 10.1 Å². The van der Waals surface area contributed by atoms with Crippen molar-refractivity contribution in [1.29, 1.82) is 0 Å². The van der Waals surface area contributed by atoms with E-state index in [9.17, 15) is 18.0 Å². The summed E-state index contributed by atoms with van der Waals surface area (Å²) in [5.74, 6) is 0.598. The van der Waals surface area contributed by atoms with Crippen molar-refractivity contribution in [1.82, 2.24) is 5.32 Å². The minimum absolute atomic E-state index is 0.155. The Morgan fingerprint density at radius 3 is 2.18 bits per heavy atom. The molecule has 178 valence electrons. The van der Waals surface area contributed by atoms with Crippen LogP contribution in [0, 0.1) is 34.6 Å². The Bertz CT molecular complexity index is 1270. The summed E-state index contributed by atoms with van der Waals surface area (Å²) in [6.07, 6.45) is -4.41. The third-order valence-corrected chi connectivity index (χ3v) is 5.81. The van der Waals surface area contributed by atoms with Crippen LogP contribution in [0.4, 0.5) is 18.9 Å². The molecule has 0 fully saturated rings. The number of carbonyl (C=O) groups is 1. The van der Waals surface area contributed by atoms with E-state index in [1.165, 1.54) is 6.07 Å². The zero-order valence-corrected chi connectivity index (χ0v) is 20.3. The maximum atomic E-state index is 13.0. The summed E-state index contributed by atoms with van der Waals surface area (Å²) >= 11 is 5.33. The van der Waals surface area contributed by atoms with Crippen LogP contribution >= 0.6 is 12.2 Å². The molecule has 0 saturated heterocycles. The molecule has 34 heavy (non-hydrogen) atoms. The Hall–Kier alpha value is -3.39. The highest BCUT2D eigenvalue weighted by molar-refractivity contribution is 7.80. The number of aryl methyl sites for hydroxylation is 3. The molecule has 0 spiro atoms. The van der Waals surface area contributed by atoms with Crippen LogP contribution in [0.5, 0.6) is 11.5 Å². The van der Waals surface area contributed by atoms with Crippen LogP contribution in [0.2, 0.25) is 0 Å². The fourth-order valence-electron chi connectivity index (χ4n) is 3.55. The molecule has 2 N–H and O–H groups in total. The number of hydrogen-bond donors (Lipinski definition) is 2. The number of hydrogen-bond acceptors (Lipinski definition) is 3. The largest absolute Gasteiger partial charge is 0.457 e. The monoisotopic (exact) mass is 486 g/mol. The first-order chi connectivity index (χ1) is 15.9. The number of halogens is 3. The third-order valence-electron chi connectivity index (χ3n) is 5.61. The number of thiocarbonyl (C=S) groups is 1. The number of amides is 1. The highest BCUT2D eigenvalue weighted by Crippen LogP contribution is 2.38. The lowest BCUT2D eigenvalue weighted by Gasteiger charge is -2.20. The topological polar surface area (TPSA) is 50.4 Å². The Kier molecular flexibility index (Phi) is 7.31. The molecule has 3 aromatic rings. The third kappa shape index (κ3) is 5.56. The molecule has 8 heteroatoms. The highest BCUT2D eigenvalue weighted by Gasteiger charge is 2.31. The van der Waals surface area contributed by atoms with E-state index in [-0.39, 0.29) is 11.0 Å². The van der Waals surface area contributed by atoms with Gasteiger partial charge in [-0.3, -0.25) is 10.1 Å². The number of alkyl halides is 3. The van der Waals surface area contributed by atoms with Crippen molar-refractivity contribution in [2.45, 2.75) is 40.8 Å². The molecule has 0 radical (unpaired) electrons. The van der Waals surface area contributed by atoms with Crippen molar-refractivity contribution in [3.63, 3.8) is 0 Å². The van der Waals surface area contributed by atoms with Crippen LogP contribution in [0.25, 0.3) is 0 Å². The average Bonchev–Trinajstić information content (AvgIpc) is 2.75. The second-order valence-electron chi connectivity index (χ2n) is 8.12. The van der Waals surface area contributed by atoms with E-state index in [0.717, 1.165) is 34.4 Å². The zero-order valence-electron chi connectivity index (χ0n) is 19.5. The second kappa shape index (κ2) is 9.85. The van der Waals surface area contributed by atoms with E-state index >= 15 is 0 Å². The number of carbonyl (C=O) groups excluding carboxylic acids is 1. The fourth-order valence-corrected chi connectivity index (χ4v) is 3.75. The molecule has 0 bridgehead atoms. The SMILES string of the molecule is Cc1cc(C(F)(F)F)ccc1Oc1c(C)cc(NC(=S)NC(=O)c2ccccc2C)c(C)c1C. The van der Waals surface area contributed by atoms with E-state index in [1.807, 2.05) is 45.9 Å². The lowest BCUT2D eigenvalue weighted by Crippen LogP contribution is -2.34. The lowest BCUT2D eigenvalue weighted by atomic mass is 10.0. The van der Waals surface area contributed by atoms with Gasteiger partial charge in [0.1, 0.15) is 11.5 Å². The molecule has 3 rings (SSSR count). The van der Waals surface area contributed by atoms with Gasteiger partial charge in [-0.1, -0.05) is 18.2 Å². The van der Waals surface area contributed by atoms with Crippen molar-refractivity contribution in [3.8, 4) is 11.5 Å². The molecule has 0 heterocycles. The zero-order chi connectivity index (χ0) is 25.2. The first-order valence-corrected chi connectivity index (χ1v) is 10.9. The van der Waals surface area contributed by atoms with E-state index < -0.39 is 11.7 Å². The molecular formula is C26H25F3N2O2S. The minimum Gasteiger partial charge on any atom is -0.457 e. The molecule has 0 aliphatic carbocycles. The summed E-state index contributed by atoms with van der Waals surface area (Å²) in [5, 5.41) is 5.90. The minimum atomic E-state index is -4.41. The van der Waals surface area contributed by atoms with Crippen molar-refractivity contribution in [2.75, 3.05) is 5.32 Å². The average molecular weight is 487 g/mol. The first kappa shape index (κ1) is 25.2. The summed E-state index contributed by atoms with van der Waals surface area (Å²) < 4.78 is 44.9. The predicted octanol–water partition coefficient (Wildman–Crippen LogP) is 7.17. The number of anilines is 1. The lowest BCUT2D eigenvalue weighted by molar-refractivity contribution is -0.137. The summed E-state index contributed by atoms with van der Waals surface area (Å²) in [5.41, 5.74) is 4.13. The molecule has 3 aromatic carbocycles. The summed E-state index contributed by atoms with van der Waals surface area (Å²) in [6.45, 7) is 8.99. The van der Waals surface area contributed by atoms with Crippen molar-refractivity contribution in [3.05, 3.63) is 87.5 Å². The van der Waals surface area contributed by atoms with Crippen LogP contribution in [0.1, 0.15) is 43.7 Å². The number of rotatable bonds is 4. The summed E-state index contributed by atoms with van der Waals surface area (Å²) in [6, 6.07) is 12.4. The fraction of sp³-hybridized carbons (Fsp3) is 0.231. The van der Waals surface area contributed by atoms with Gasteiger partial charge in [-0.05, 0) is 105 Å².